The van der Waals surface area contributed by atoms with Gasteiger partial charge in [-0.3, -0.25) is 4.90 Å². The van der Waals surface area contributed by atoms with Crippen LogP contribution in [0.3, 0.4) is 0 Å². The fraction of sp³-hybridized carbons (Fsp3) is 0.789. The second kappa shape index (κ2) is 7.45. The van der Waals surface area contributed by atoms with Crippen molar-refractivity contribution in [2.75, 3.05) is 7.11 Å². The lowest BCUT2D eigenvalue weighted by molar-refractivity contribution is -0.146. The Hall–Kier alpha value is -1.41. The zero-order valence-electron chi connectivity index (χ0n) is 15.5. The highest BCUT2D eigenvalue weighted by molar-refractivity contribution is 6.20. The molecule has 25 heavy (non-hydrogen) atoms. The molecule has 1 heterocycles. The number of methoxy groups -OCH3 is 1. The maximum Gasteiger partial charge on any atom is 0.411 e. The maximum atomic E-state index is 12.9. The number of fused-ring (bicyclic) bond motifs is 1. The van der Waals surface area contributed by atoms with E-state index in [0.717, 1.165) is 19.3 Å². The van der Waals surface area contributed by atoms with Gasteiger partial charge >= 0.3 is 12.1 Å². The van der Waals surface area contributed by atoms with Crippen LogP contribution in [0.15, 0.2) is 0 Å². The lowest BCUT2D eigenvalue weighted by Gasteiger charge is -2.43. The van der Waals surface area contributed by atoms with Gasteiger partial charge in [0.05, 0.1) is 7.11 Å². The van der Waals surface area contributed by atoms with Gasteiger partial charge in [-0.25, -0.2) is 9.59 Å². The van der Waals surface area contributed by atoms with E-state index in [4.69, 9.17) is 27.5 Å². The van der Waals surface area contributed by atoms with Crippen LogP contribution in [0.4, 0.5) is 4.79 Å². The largest absolute Gasteiger partial charge is 0.467 e. The van der Waals surface area contributed by atoms with Gasteiger partial charge in [0.25, 0.3) is 0 Å². The maximum absolute atomic E-state index is 12.9. The topological polar surface area (TPSA) is 55.8 Å². The van der Waals surface area contributed by atoms with Gasteiger partial charge in [-0.15, -0.1) is 23.9 Å². The fourth-order valence-corrected chi connectivity index (χ4v) is 4.46. The zero-order valence-corrected chi connectivity index (χ0v) is 16.3. The molecule has 1 saturated heterocycles. The van der Waals surface area contributed by atoms with Crippen molar-refractivity contribution in [3.05, 3.63) is 0 Å². The van der Waals surface area contributed by atoms with Gasteiger partial charge in [-0.2, -0.15) is 0 Å². The molecular formula is C19H28ClNO4. The van der Waals surface area contributed by atoms with Gasteiger partial charge in [0.1, 0.15) is 11.6 Å². The van der Waals surface area contributed by atoms with Crippen molar-refractivity contribution in [2.24, 2.45) is 5.41 Å². The van der Waals surface area contributed by atoms with E-state index in [1.54, 1.807) is 4.90 Å². The SMILES string of the molecule is C#CCC[C@@]12CC[C@H](Cl)C[C@@H]1N(C(=O)OC(C)(C)C)[C@H](C(=O)OC)C2. The fourth-order valence-electron chi connectivity index (χ4n) is 4.18. The first-order valence-electron chi connectivity index (χ1n) is 8.80. The minimum Gasteiger partial charge on any atom is -0.467 e. The van der Waals surface area contributed by atoms with Crippen LogP contribution in [0.25, 0.3) is 0 Å². The molecule has 0 bridgehead atoms. The third kappa shape index (κ3) is 4.23. The average molecular weight is 370 g/mol. The molecule has 1 aliphatic carbocycles. The van der Waals surface area contributed by atoms with Gasteiger partial charge < -0.3 is 9.47 Å². The molecule has 0 unspecified atom stereocenters. The van der Waals surface area contributed by atoms with E-state index in [9.17, 15) is 9.59 Å². The number of carbonyl (C=O) groups is 2. The Bertz CT molecular complexity index is 565. The minimum atomic E-state index is -0.649. The summed E-state index contributed by atoms with van der Waals surface area (Å²) in [5.74, 6) is 2.28. The molecule has 2 fully saturated rings. The molecule has 1 amide bonds. The van der Waals surface area contributed by atoms with E-state index in [1.165, 1.54) is 7.11 Å². The Morgan fingerprint density at radius 1 is 1.40 bits per heavy atom. The van der Waals surface area contributed by atoms with Gasteiger partial charge in [-0.1, -0.05) is 0 Å². The summed E-state index contributed by atoms with van der Waals surface area (Å²) in [4.78, 5) is 26.8. The van der Waals surface area contributed by atoms with E-state index in [2.05, 4.69) is 5.92 Å². The summed E-state index contributed by atoms with van der Waals surface area (Å²) < 4.78 is 10.5. The molecule has 1 saturated carbocycles. The second-order valence-corrected chi connectivity index (χ2v) is 8.70. The Kier molecular flexibility index (Phi) is 5.93. The number of ether oxygens (including phenoxy) is 2. The number of terminal acetylenes is 1. The van der Waals surface area contributed by atoms with E-state index in [1.807, 2.05) is 20.8 Å². The van der Waals surface area contributed by atoms with E-state index in [-0.39, 0.29) is 16.8 Å². The van der Waals surface area contributed by atoms with Crippen molar-refractivity contribution in [3.63, 3.8) is 0 Å². The summed E-state index contributed by atoms with van der Waals surface area (Å²) in [5, 5.41) is -0.0229. The summed E-state index contributed by atoms with van der Waals surface area (Å²) in [6, 6.07) is -0.805. The number of halogens is 1. The highest BCUT2D eigenvalue weighted by Crippen LogP contribution is 2.53. The van der Waals surface area contributed by atoms with Crippen LogP contribution < -0.4 is 0 Å². The standard InChI is InChI=1S/C19H28ClNO4/c1-6-7-9-19-10-8-13(20)11-15(19)21(14(12-19)16(22)24-5)17(23)25-18(2,3)4/h1,13-15H,7-12H2,2-5H3/t13-,14-,15-,19-/m0/s1. The van der Waals surface area contributed by atoms with Gasteiger partial charge in [0, 0.05) is 17.8 Å². The molecule has 1 aliphatic heterocycles. The lowest BCUT2D eigenvalue weighted by atomic mass is 9.67. The van der Waals surface area contributed by atoms with Crippen molar-refractivity contribution in [1.82, 2.24) is 4.90 Å². The average Bonchev–Trinajstić information content (AvgIpc) is 2.85. The molecule has 2 rings (SSSR count). The van der Waals surface area contributed by atoms with Crippen molar-refractivity contribution in [1.29, 1.82) is 0 Å². The Morgan fingerprint density at radius 3 is 2.64 bits per heavy atom. The van der Waals surface area contributed by atoms with Crippen LogP contribution in [-0.4, -0.2) is 47.1 Å². The Balaban J connectivity index is 2.38. The van der Waals surface area contributed by atoms with E-state index < -0.39 is 23.7 Å². The van der Waals surface area contributed by atoms with Crippen molar-refractivity contribution >= 4 is 23.7 Å². The number of amides is 1. The number of esters is 1. The first-order chi connectivity index (χ1) is 11.6. The number of alkyl halides is 1. The van der Waals surface area contributed by atoms with Crippen LogP contribution in [0, 0.1) is 17.8 Å². The third-order valence-corrected chi connectivity index (χ3v) is 5.65. The lowest BCUT2D eigenvalue weighted by Crippen LogP contribution is -2.51. The number of likely N-dealkylation sites (tertiary alicyclic amines) is 1. The molecule has 0 aromatic carbocycles. The predicted octanol–water partition coefficient (Wildman–Crippen LogP) is 3.73. The molecule has 4 atom stereocenters. The number of carbonyl (C=O) groups excluding carboxylic acids is 2. The van der Waals surface area contributed by atoms with Crippen LogP contribution in [0.1, 0.15) is 59.3 Å². The number of hydrogen-bond acceptors (Lipinski definition) is 4. The highest BCUT2D eigenvalue weighted by atomic mass is 35.5. The summed E-state index contributed by atoms with van der Waals surface area (Å²) >= 11 is 6.41. The number of nitrogens with zero attached hydrogens (tertiary/aromatic N) is 1. The number of rotatable bonds is 3. The molecule has 140 valence electrons. The first kappa shape index (κ1) is 19.9. The van der Waals surface area contributed by atoms with E-state index in [0.29, 0.717) is 19.3 Å². The summed E-state index contributed by atoms with van der Waals surface area (Å²) in [6.07, 6.45) is 9.27. The predicted molar refractivity (Wildman–Crippen MR) is 96.3 cm³/mol. The summed E-state index contributed by atoms with van der Waals surface area (Å²) in [5.41, 5.74) is -0.843. The van der Waals surface area contributed by atoms with Crippen LogP contribution in [0.2, 0.25) is 0 Å². The first-order valence-corrected chi connectivity index (χ1v) is 9.24. The molecule has 0 N–H and O–H groups in total. The smallest absolute Gasteiger partial charge is 0.411 e. The molecule has 2 aliphatic rings. The van der Waals surface area contributed by atoms with Crippen LogP contribution in [0.5, 0.6) is 0 Å². The third-order valence-electron chi connectivity index (χ3n) is 5.26. The minimum absolute atomic E-state index is 0.0229. The Morgan fingerprint density at radius 2 is 2.08 bits per heavy atom. The molecule has 0 radical (unpaired) electrons. The monoisotopic (exact) mass is 369 g/mol. The summed E-state index contributed by atoms with van der Waals surface area (Å²) in [7, 11) is 1.34. The molecule has 5 nitrogen and oxygen atoms in total. The van der Waals surface area contributed by atoms with E-state index >= 15 is 0 Å². The van der Waals surface area contributed by atoms with Crippen LogP contribution in [-0.2, 0) is 14.3 Å². The van der Waals surface area contributed by atoms with Crippen LogP contribution >= 0.6 is 11.6 Å². The molecule has 0 spiro atoms. The van der Waals surface area contributed by atoms with Crippen molar-refractivity contribution in [2.45, 2.75) is 82.4 Å². The summed E-state index contributed by atoms with van der Waals surface area (Å²) in [6.45, 7) is 5.43. The van der Waals surface area contributed by atoms with Gasteiger partial charge in [0.2, 0.25) is 0 Å². The molecular weight excluding hydrogens is 342 g/mol. The molecule has 0 aromatic rings. The Labute approximate surface area is 155 Å². The number of hydrogen-bond donors (Lipinski definition) is 0. The zero-order chi connectivity index (χ0) is 18.8. The second-order valence-electron chi connectivity index (χ2n) is 8.08. The van der Waals surface area contributed by atoms with Gasteiger partial charge in [-0.05, 0) is 58.3 Å². The normalized spacial score (nSPS) is 31.8. The highest BCUT2D eigenvalue weighted by Gasteiger charge is 2.58. The van der Waals surface area contributed by atoms with Gasteiger partial charge in [0.15, 0.2) is 0 Å². The molecule has 0 aromatic heterocycles. The van der Waals surface area contributed by atoms with Crippen molar-refractivity contribution in [3.8, 4) is 12.3 Å². The quantitative estimate of drug-likeness (QED) is 0.432. The van der Waals surface area contributed by atoms with Crippen molar-refractivity contribution < 1.29 is 19.1 Å². The molecule has 6 heteroatoms.